The molecule has 1 aliphatic rings. The Morgan fingerprint density at radius 1 is 1.16 bits per heavy atom. The van der Waals surface area contributed by atoms with E-state index in [1.54, 1.807) is 18.4 Å². The van der Waals surface area contributed by atoms with Crippen LogP contribution in [0.1, 0.15) is 36.8 Å². The van der Waals surface area contributed by atoms with Crippen molar-refractivity contribution >= 4 is 41.3 Å². The molecule has 2 aromatic rings. The molecular weight excluding hydrogens is 445 g/mol. The van der Waals surface area contributed by atoms with E-state index < -0.39 is 0 Å². The lowest BCUT2D eigenvalue weighted by molar-refractivity contribution is 0.208. The molecule has 1 saturated carbocycles. The molecule has 1 fully saturated rings. The Hall–Kier alpha value is -1.28. The Kier molecular flexibility index (Phi) is 8.54. The van der Waals surface area contributed by atoms with E-state index in [-0.39, 0.29) is 24.0 Å². The van der Waals surface area contributed by atoms with Crippen LogP contribution in [0.2, 0.25) is 0 Å². The van der Waals surface area contributed by atoms with Crippen LogP contribution in [0.25, 0.3) is 0 Å². The number of guanidine groups is 1. The molecule has 1 aliphatic carbocycles. The zero-order valence-corrected chi connectivity index (χ0v) is 17.7. The lowest BCUT2D eigenvalue weighted by atomic mass is 10.2. The summed E-state index contributed by atoms with van der Waals surface area (Å²) in [5.74, 6) is 1.79. The molecule has 2 N–H and O–H groups in total. The Labute approximate surface area is 171 Å². The Morgan fingerprint density at radius 2 is 1.92 bits per heavy atom. The minimum absolute atomic E-state index is 0. The van der Waals surface area contributed by atoms with E-state index in [9.17, 15) is 0 Å². The maximum atomic E-state index is 6.19. The molecule has 0 unspecified atom stereocenters. The minimum Gasteiger partial charge on any atom is -0.490 e. The summed E-state index contributed by atoms with van der Waals surface area (Å²) >= 11 is 1.71. The number of ether oxygens (including phenoxy) is 1. The Morgan fingerprint density at radius 3 is 2.64 bits per heavy atom. The van der Waals surface area contributed by atoms with Gasteiger partial charge in [-0.25, -0.2) is 0 Å². The van der Waals surface area contributed by atoms with E-state index in [4.69, 9.17) is 4.74 Å². The first-order valence-corrected chi connectivity index (χ1v) is 9.49. The topological polar surface area (TPSA) is 45.7 Å². The lowest BCUT2D eigenvalue weighted by Crippen LogP contribution is -2.36. The molecule has 0 atom stereocenters. The third kappa shape index (κ3) is 6.18. The first-order chi connectivity index (χ1) is 11.8. The number of hydrogen-bond donors (Lipinski definition) is 2. The molecule has 0 amide bonds. The van der Waals surface area contributed by atoms with Crippen molar-refractivity contribution in [2.45, 2.75) is 44.9 Å². The van der Waals surface area contributed by atoms with Gasteiger partial charge in [0.25, 0.3) is 0 Å². The highest BCUT2D eigenvalue weighted by molar-refractivity contribution is 14.0. The average molecular weight is 471 g/mol. The molecule has 0 radical (unpaired) electrons. The van der Waals surface area contributed by atoms with Crippen LogP contribution in [-0.2, 0) is 13.1 Å². The molecule has 25 heavy (non-hydrogen) atoms. The van der Waals surface area contributed by atoms with Crippen LogP contribution < -0.4 is 15.4 Å². The van der Waals surface area contributed by atoms with Gasteiger partial charge in [-0.3, -0.25) is 4.99 Å². The average Bonchev–Trinajstić information content (AvgIpc) is 3.30. The first-order valence-electron chi connectivity index (χ1n) is 8.55. The van der Waals surface area contributed by atoms with Crippen molar-refractivity contribution in [3.05, 3.63) is 52.2 Å². The van der Waals surface area contributed by atoms with Crippen molar-refractivity contribution in [3.8, 4) is 5.75 Å². The third-order valence-electron chi connectivity index (χ3n) is 4.28. The number of para-hydroxylation sites is 1. The van der Waals surface area contributed by atoms with E-state index in [2.05, 4.69) is 50.7 Å². The molecule has 1 heterocycles. The predicted molar refractivity (Wildman–Crippen MR) is 116 cm³/mol. The molecule has 4 nitrogen and oxygen atoms in total. The zero-order valence-electron chi connectivity index (χ0n) is 14.5. The standard InChI is InChI=1S/C19H25N3OS.HI/c1-20-19(21-12-15-10-11-24-14-15)22-13-16-6-2-5-9-18(16)23-17-7-3-4-8-17;/h2,5-6,9-11,14,17H,3-4,7-8,12-13H2,1H3,(H2,20,21,22);1H. The second kappa shape index (κ2) is 10.7. The quantitative estimate of drug-likeness (QED) is 0.369. The van der Waals surface area contributed by atoms with Gasteiger partial charge in [-0.1, -0.05) is 18.2 Å². The van der Waals surface area contributed by atoms with Crippen LogP contribution in [0.3, 0.4) is 0 Å². The number of nitrogens with one attached hydrogen (secondary N) is 2. The SMILES string of the molecule is CN=C(NCc1ccsc1)NCc1ccccc1OC1CCCC1.I. The van der Waals surface area contributed by atoms with Crippen molar-refractivity contribution in [1.82, 2.24) is 10.6 Å². The molecule has 0 saturated heterocycles. The van der Waals surface area contributed by atoms with Crippen LogP contribution in [0.15, 0.2) is 46.1 Å². The molecule has 0 spiro atoms. The van der Waals surface area contributed by atoms with Crippen molar-refractivity contribution in [2.75, 3.05) is 7.05 Å². The number of halogens is 1. The fourth-order valence-electron chi connectivity index (χ4n) is 2.93. The number of aliphatic imine (C=N–C) groups is 1. The molecule has 0 aliphatic heterocycles. The molecule has 0 bridgehead atoms. The molecule has 1 aromatic heterocycles. The second-order valence-corrected chi connectivity index (χ2v) is 6.82. The summed E-state index contributed by atoms with van der Waals surface area (Å²) in [6.07, 6.45) is 5.29. The second-order valence-electron chi connectivity index (χ2n) is 6.04. The van der Waals surface area contributed by atoms with Crippen LogP contribution in [0.4, 0.5) is 0 Å². The van der Waals surface area contributed by atoms with Crippen molar-refractivity contribution in [1.29, 1.82) is 0 Å². The van der Waals surface area contributed by atoms with Gasteiger partial charge in [0.1, 0.15) is 5.75 Å². The van der Waals surface area contributed by atoms with E-state index in [1.807, 2.05) is 6.07 Å². The van der Waals surface area contributed by atoms with Crippen LogP contribution >= 0.6 is 35.3 Å². The Bertz CT molecular complexity index is 654. The highest BCUT2D eigenvalue weighted by atomic mass is 127. The van der Waals surface area contributed by atoms with Crippen LogP contribution in [0, 0.1) is 0 Å². The molecule has 3 rings (SSSR count). The van der Waals surface area contributed by atoms with Gasteiger partial charge in [0, 0.05) is 25.7 Å². The monoisotopic (exact) mass is 471 g/mol. The summed E-state index contributed by atoms with van der Waals surface area (Å²) in [6, 6.07) is 10.4. The minimum atomic E-state index is 0. The Balaban J connectivity index is 0.00000225. The molecule has 1 aromatic carbocycles. The van der Waals surface area contributed by atoms with Gasteiger partial charge in [-0.2, -0.15) is 11.3 Å². The predicted octanol–water partition coefficient (Wildman–Crippen LogP) is 4.55. The van der Waals surface area contributed by atoms with Gasteiger partial charge in [-0.15, -0.1) is 24.0 Å². The fraction of sp³-hybridized carbons (Fsp3) is 0.421. The number of hydrogen-bond acceptors (Lipinski definition) is 3. The van der Waals surface area contributed by atoms with Gasteiger partial charge in [0.15, 0.2) is 5.96 Å². The van der Waals surface area contributed by atoms with E-state index in [0.29, 0.717) is 12.6 Å². The first kappa shape index (κ1) is 20.0. The molecular formula is C19H26IN3OS. The van der Waals surface area contributed by atoms with Crippen molar-refractivity contribution in [3.63, 3.8) is 0 Å². The summed E-state index contributed by atoms with van der Waals surface area (Å²) in [4.78, 5) is 4.29. The zero-order chi connectivity index (χ0) is 16.6. The number of nitrogens with zero attached hydrogens (tertiary/aromatic N) is 1. The van der Waals surface area contributed by atoms with E-state index >= 15 is 0 Å². The highest BCUT2D eigenvalue weighted by Gasteiger charge is 2.17. The summed E-state index contributed by atoms with van der Waals surface area (Å²) in [7, 11) is 1.80. The highest BCUT2D eigenvalue weighted by Crippen LogP contribution is 2.26. The normalized spacial score (nSPS) is 14.8. The van der Waals surface area contributed by atoms with Crippen molar-refractivity contribution in [2.24, 2.45) is 4.99 Å². The number of thiophene rings is 1. The van der Waals surface area contributed by atoms with Gasteiger partial charge in [0.05, 0.1) is 6.10 Å². The smallest absolute Gasteiger partial charge is 0.191 e. The van der Waals surface area contributed by atoms with Gasteiger partial charge in [-0.05, 0) is 54.1 Å². The van der Waals surface area contributed by atoms with E-state index in [0.717, 1.165) is 18.3 Å². The fourth-order valence-corrected chi connectivity index (χ4v) is 3.60. The largest absolute Gasteiger partial charge is 0.490 e. The molecule has 6 heteroatoms. The molecule has 136 valence electrons. The number of benzene rings is 1. The van der Waals surface area contributed by atoms with Gasteiger partial charge in [0.2, 0.25) is 0 Å². The number of rotatable bonds is 6. The maximum Gasteiger partial charge on any atom is 0.191 e. The van der Waals surface area contributed by atoms with Crippen LogP contribution in [-0.4, -0.2) is 19.1 Å². The van der Waals surface area contributed by atoms with Crippen LogP contribution in [0.5, 0.6) is 5.75 Å². The van der Waals surface area contributed by atoms with E-state index in [1.165, 1.54) is 36.8 Å². The summed E-state index contributed by atoms with van der Waals surface area (Å²) < 4.78 is 6.19. The maximum absolute atomic E-state index is 6.19. The summed E-state index contributed by atoms with van der Waals surface area (Å²) in [6.45, 7) is 1.48. The summed E-state index contributed by atoms with van der Waals surface area (Å²) in [5, 5.41) is 10.9. The van der Waals surface area contributed by atoms with Gasteiger partial charge >= 0.3 is 0 Å². The lowest BCUT2D eigenvalue weighted by Gasteiger charge is -2.17. The van der Waals surface area contributed by atoms with Crippen molar-refractivity contribution < 1.29 is 4.74 Å². The third-order valence-corrected chi connectivity index (χ3v) is 5.01. The van der Waals surface area contributed by atoms with Gasteiger partial charge < -0.3 is 15.4 Å². The summed E-state index contributed by atoms with van der Waals surface area (Å²) in [5.41, 5.74) is 2.44.